The standard InChI is InChI=1S/C16H21N3O7S/c20-15(21)11-19-13-3-2-12(10-14(13)26-16(19)22)17-27(23,24)9-1-4-18-5-7-25-8-6-18/h2-3,10,17H,1,4-9,11H2,(H,20,21). The summed E-state index contributed by atoms with van der Waals surface area (Å²) in [5.74, 6) is -2.02. The fraction of sp³-hybridized carbons (Fsp3) is 0.500. The van der Waals surface area contributed by atoms with Crippen molar-refractivity contribution in [3.05, 3.63) is 28.7 Å². The summed E-state index contributed by atoms with van der Waals surface area (Å²) in [6.45, 7) is 3.08. The van der Waals surface area contributed by atoms with Gasteiger partial charge in [0.15, 0.2) is 5.58 Å². The Labute approximate surface area is 155 Å². The molecule has 3 rings (SSSR count). The lowest BCUT2D eigenvalue weighted by Crippen LogP contribution is -2.37. The lowest BCUT2D eigenvalue weighted by molar-refractivity contribution is -0.137. The number of nitrogens with zero attached hydrogens (tertiary/aromatic N) is 2. The number of ether oxygens (including phenoxy) is 1. The lowest BCUT2D eigenvalue weighted by Gasteiger charge is -2.26. The molecule has 2 heterocycles. The fourth-order valence-corrected chi connectivity index (χ4v) is 4.05. The average Bonchev–Trinajstić information content (AvgIpc) is 2.89. The highest BCUT2D eigenvalue weighted by Crippen LogP contribution is 2.19. The number of fused-ring (bicyclic) bond motifs is 1. The van der Waals surface area contributed by atoms with E-state index in [1.54, 1.807) is 0 Å². The van der Waals surface area contributed by atoms with Crippen LogP contribution in [-0.2, 0) is 26.1 Å². The minimum absolute atomic E-state index is 0.0353. The lowest BCUT2D eigenvalue weighted by atomic mass is 10.3. The number of hydrogen-bond donors (Lipinski definition) is 2. The second-order valence-corrected chi connectivity index (χ2v) is 8.10. The molecular weight excluding hydrogens is 378 g/mol. The van der Waals surface area contributed by atoms with Gasteiger partial charge >= 0.3 is 11.7 Å². The van der Waals surface area contributed by atoms with E-state index in [0.29, 0.717) is 26.2 Å². The van der Waals surface area contributed by atoms with Crippen molar-refractivity contribution in [3.63, 3.8) is 0 Å². The molecule has 2 N–H and O–H groups in total. The zero-order valence-corrected chi connectivity index (χ0v) is 15.4. The van der Waals surface area contributed by atoms with Crippen LogP contribution in [0.2, 0.25) is 0 Å². The van der Waals surface area contributed by atoms with E-state index >= 15 is 0 Å². The molecular formula is C16H21N3O7S. The minimum atomic E-state index is -3.56. The largest absolute Gasteiger partial charge is 0.480 e. The number of benzene rings is 1. The molecule has 1 saturated heterocycles. The van der Waals surface area contributed by atoms with Crippen LogP contribution in [0.4, 0.5) is 5.69 Å². The van der Waals surface area contributed by atoms with Crippen molar-refractivity contribution in [2.45, 2.75) is 13.0 Å². The first-order valence-corrected chi connectivity index (χ1v) is 10.1. The van der Waals surface area contributed by atoms with Crippen LogP contribution in [0.5, 0.6) is 0 Å². The van der Waals surface area contributed by atoms with E-state index in [-0.39, 0.29) is 22.5 Å². The maximum Gasteiger partial charge on any atom is 0.420 e. The molecule has 0 atom stereocenters. The van der Waals surface area contributed by atoms with Crippen molar-refractivity contribution in [1.29, 1.82) is 0 Å². The molecule has 2 aromatic rings. The van der Waals surface area contributed by atoms with Gasteiger partial charge in [0.1, 0.15) is 6.54 Å². The highest BCUT2D eigenvalue weighted by Gasteiger charge is 2.16. The molecule has 11 heteroatoms. The number of aromatic nitrogens is 1. The van der Waals surface area contributed by atoms with Crippen molar-refractivity contribution >= 4 is 32.8 Å². The van der Waals surface area contributed by atoms with E-state index in [2.05, 4.69) is 9.62 Å². The Kier molecular flexibility index (Phi) is 5.82. The molecule has 0 unspecified atom stereocenters. The van der Waals surface area contributed by atoms with Gasteiger partial charge < -0.3 is 14.3 Å². The molecule has 1 fully saturated rings. The molecule has 0 amide bonds. The summed E-state index contributed by atoms with van der Waals surface area (Å²) >= 11 is 0. The topological polar surface area (TPSA) is 131 Å². The number of carboxylic acids is 1. The third-order valence-electron chi connectivity index (χ3n) is 4.23. The Balaban J connectivity index is 1.64. The van der Waals surface area contributed by atoms with E-state index in [4.69, 9.17) is 14.3 Å². The molecule has 0 spiro atoms. The Morgan fingerprint density at radius 1 is 1.26 bits per heavy atom. The van der Waals surface area contributed by atoms with Crippen LogP contribution < -0.4 is 10.5 Å². The smallest absolute Gasteiger partial charge is 0.420 e. The Hall–Kier alpha value is -2.37. The number of rotatable bonds is 8. The summed E-state index contributed by atoms with van der Waals surface area (Å²) < 4.78 is 38.2. The average molecular weight is 399 g/mol. The van der Waals surface area contributed by atoms with Gasteiger partial charge in [0.25, 0.3) is 0 Å². The minimum Gasteiger partial charge on any atom is -0.480 e. The molecule has 1 aromatic heterocycles. The molecule has 0 saturated carbocycles. The number of carbonyl (C=O) groups is 1. The second-order valence-electron chi connectivity index (χ2n) is 6.26. The van der Waals surface area contributed by atoms with Gasteiger partial charge in [-0.1, -0.05) is 0 Å². The number of aliphatic carboxylic acids is 1. The third-order valence-corrected chi connectivity index (χ3v) is 5.60. The molecule has 0 aliphatic carbocycles. The summed E-state index contributed by atoms with van der Waals surface area (Å²) in [6, 6.07) is 4.29. The van der Waals surface area contributed by atoms with Gasteiger partial charge in [0, 0.05) is 19.2 Å². The van der Waals surface area contributed by atoms with Gasteiger partial charge in [-0.15, -0.1) is 0 Å². The van der Waals surface area contributed by atoms with Crippen molar-refractivity contribution in [1.82, 2.24) is 9.47 Å². The molecule has 0 bridgehead atoms. The number of sulfonamides is 1. The van der Waals surface area contributed by atoms with Crippen LogP contribution in [0.25, 0.3) is 11.1 Å². The summed E-state index contributed by atoms with van der Waals surface area (Å²) in [4.78, 5) is 24.7. The first-order valence-electron chi connectivity index (χ1n) is 8.50. The van der Waals surface area contributed by atoms with E-state index in [9.17, 15) is 18.0 Å². The number of oxazole rings is 1. The number of nitrogens with one attached hydrogen (secondary N) is 1. The molecule has 27 heavy (non-hydrogen) atoms. The van der Waals surface area contributed by atoms with Gasteiger partial charge in [-0.25, -0.2) is 13.2 Å². The first kappa shape index (κ1) is 19.4. The van der Waals surface area contributed by atoms with Crippen LogP contribution in [0.15, 0.2) is 27.4 Å². The molecule has 1 aliphatic heterocycles. The molecule has 148 valence electrons. The molecule has 10 nitrogen and oxygen atoms in total. The van der Waals surface area contributed by atoms with Gasteiger partial charge in [0.05, 0.1) is 30.2 Å². The molecule has 1 aliphatic rings. The summed E-state index contributed by atoms with van der Waals surface area (Å²) in [5, 5.41) is 8.85. The van der Waals surface area contributed by atoms with Crippen molar-refractivity contribution in [2.24, 2.45) is 0 Å². The van der Waals surface area contributed by atoms with E-state index < -0.39 is 28.3 Å². The van der Waals surface area contributed by atoms with Crippen LogP contribution in [0, 0.1) is 0 Å². The number of hydrogen-bond acceptors (Lipinski definition) is 7. The predicted molar refractivity (Wildman–Crippen MR) is 97.4 cm³/mol. The summed E-state index contributed by atoms with van der Waals surface area (Å²) in [5.41, 5.74) is 0.664. The Morgan fingerprint density at radius 3 is 2.70 bits per heavy atom. The van der Waals surface area contributed by atoms with E-state index in [1.807, 2.05) is 0 Å². The maximum absolute atomic E-state index is 12.3. The number of carboxylic acid groups (broad SMARTS) is 1. The maximum atomic E-state index is 12.3. The highest BCUT2D eigenvalue weighted by atomic mass is 32.2. The van der Waals surface area contributed by atoms with Crippen LogP contribution >= 0.6 is 0 Å². The SMILES string of the molecule is O=C(O)Cn1c(=O)oc2cc(NS(=O)(=O)CCCN3CCOCC3)ccc21. The van der Waals surface area contributed by atoms with Crippen LogP contribution in [-0.4, -0.2) is 67.6 Å². The fourth-order valence-electron chi connectivity index (χ4n) is 2.95. The Morgan fingerprint density at radius 2 is 2.00 bits per heavy atom. The number of morpholine rings is 1. The molecule has 0 radical (unpaired) electrons. The van der Waals surface area contributed by atoms with Crippen molar-refractivity contribution < 1.29 is 27.5 Å². The van der Waals surface area contributed by atoms with Crippen molar-refractivity contribution in [3.8, 4) is 0 Å². The second kappa shape index (κ2) is 8.11. The first-order chi connectivity index (χ1) is 12.8. The predicted octanol–water partition coefficient (Wildman–Crippen LogP) is 0.143. The van der Waals surface area contributed by atoms with Crippen LogP contribution in [0.1, 0.15) is 6.42 Å². The normalized spacial score (nSPS) is 15.9. The van der Waals surface area contributed by atoms with E-state index in [0.717, 1.165) is 17.7 Å². The highest BCUT2D eigenvalue weighted by molar-refractivity contribution is 7.92. The van der Waals surface area contributed by atoms with Crippen molar-refractivity contribution in [2.75, 3.05) is 43.3 Å². The summed E-state index contributed by atoms with van der Waals surface area (Å²) in [7, 11) is -3.56. The van der Waals surface area contributed by atoms with Gasteiger partial charge in [-0.05, 0) is 25.1 Å². The molecule has 1 aromatic carbocycles. The summed E-state index contributed by atoms with van der Waals surface area (Å²) in [6.07, 6.45) is 0.488. The van der Waals surface area contributed by atoms with Gasteiger partial charge in [0.2, 0.25) is 10.0 Å². The monoisotopic (exact) mass is 399 g/mol. The Bertz CT molecular complexity index is 974. The van der Waals surface area contributed by atoms with Gasteiger partial charge in [-0.3, -0.25) is 19.0 Å². The van der Waals surface area contributed by atoms with E-state index in [1.165, 1.54) is 18.2 Å². The van der Waals surface area contributed by atoms with Gasteiger partial charge in [-0.2, -0.15) is 0 Å². The zero-order valence-electron chi connectivity index (χ0n) is 14.6. The van der Waals surface area contributed by atoms with Crippen LogP contribution in [0.3, 0.4) is 0 Å². The third kappa shape index (κ3) is 5.08. The number of anilines is 1. The quantitative estimate of drug-likeness (QED) is 0.641. The zero-order chi connectivity index (χ0) is 19.4.